The van der Waals surface area contributed by atoms with E-state index in [-0.39, 0.29) is 12.5 Å². The third kappa shape index (κ3) is 3.35. The zero-order valence-electron chi connectivity index (χ0n) is 10.8. The molecule has 0 aliphatic carbocycles. The lowest BCUT2D eigenvalue weighted by atomic mass is 10.1. The van der Waals surface area contributed by atoms with Gasteiger partial charge in [0.05, 0.1) is 15.9 Å². The van der Waals surface area contributed by atoms with E-state index in [1.54, 1.807) is 4.90 Å². The molecule has 1 unspecified atom stereocenters. The quantitative estimate of drug-likeness (QED) is 0.754. The predicted octanol–water partition coefficient (Wildman–Crippen LogP) is 0.997. The van der Waals surface area contributed by atoms with Crippen molar-refractivity contribution in [3.63, 3.8) is 0 Å². The average Bonchev–Trinajstić information content (AvgIpc) is 2.77. The summed E-state index contributed by atoms with van der Waals surface area (Å²) in [5.41, 5.74) is 0.951. The summed E-state index contributed by atoms with van der Waals surface area (Å²) in [6.07, 6.45) is 1.20. The summed E-state index contributed by atoms with van der Waals surface area (Å²) in [7, 11) is 0. The second kappa shape index (κ2) is 6.20. The van der Waals surface area contributed by atoms with Crippen LogP contribution in [0.2, 0.25) is 0 Å². The first kappa shape index (κ1) is 14.1. The van der Waals surface area contributed by atoms with Crippen molar-refractivity contribution in [1.82, 2.24) is 4.90 Å². The van der Waals surface area contributed by atoms with Crippen LogP contribution in [0.3, 0.4) is 0 Å². The molecule has 1 amide bonds. The number of hydrogen-bond donors (Lipinski definition) is 2. The Morgan fingerprint density at radius 2 is 2.42 bits per heavy atom. The number of hydrogen-bond acceptors (Lipinski definition) is 4. The summed E-state index contributed by atoms with van der Waals surface area (Å²) in [4.78, 5) is 15.5. The van der Waals surface area contributed by atoms with Gasteiger partial charge in [-0.25, -0.2) is 0 Å². The fraction of sp³-hybridized carbons (Fsp3) is 0.500. The Bertz CT molecular complexity index is 527. The molecule has 1 aromatic heterocycles. The van der Waals surface area contributed by atoms with Gasteiger partial charge >= 0.3 is 0 Å². The van der Waals surface area contributed by atoms with Crippen LogP contribution < -0.4 is 0 Å². The molecule has 5 heteroatoms. The van der Waals surface area contributed by atoms with Gasteiger partial charge < -0.3 is 15.1 Å². The number of piperidine rings is 1. The van der Waals surface area contributed by atoms with E-state index in [0.717, 1.165) is 23.3 Å². The number of β-amino-alcohol motifs (C(OH)–C–C–N with tert-alkyl or cyclic N) is 1. The molecule has 1 aliphatic heterocycles. The van der Waals surface area contributed by atoms with Crippen LogP contribution in [-0.4, -0.2) is 46.8 Å². The Kier molecular flexibility index (Phi) is 4.59. The van der Waals surface area contributed by atoms with E-state index in [1.807, 2.05) is 13.0 Å². The molecule has 2 rings (SSSR count). The van der Waals surface area contributed by atoms with Crippen molar-refractivity contribution in [1.29, 1.82) is 0 Å². The molecule has 0 bridgehead atoms. The van der Waals surface area contributed by atoms with Gasteiger partial charge in [-0.15, -0.1) is 11.3 Å². The Hall–Kier alpha value is -1.35. The van der Waals surface area contributed by atoms with Crippen molar-refractivity contribution >= 4 is 17.2 Å². The molecule has 1 fully saturated rings. The topological polar surface area (TPSA) is 60.8 Å². The molecule has 102 valence electrons. The van der Waals surface area contributed by atoms with E-state index in [0.29, 0.717) is 18.0 Å². The van der Waals surface area contributed by atoms with E-state index in [9.17, 15) is 9.90 Å². The standard InChI is InChI=1S/C14H17NO3S/c1-10-8-13(19-12(10)5-3-7-16)14(18)15-6-2-4-11(17)9-15/h8,11,16-17H,2,4,6-7,9H2,1H3. The van der Waals surface area contributed by atoms with Crippen molar-refractivity contribution in [2.45, 2.75) is 25.9 Å². The zero-order chi connectivity index (χ0) is 13.8. The maximum absolute atomic E-state index is 12.3. The third-order valence-corrected chi connectivity index (χ3v) is 4.23. The highest BCUT2D eigenvalue weighted by Crippen LogP contribution is 2.23. The molecule has 1 atom stereocenters. The molecule has 0 saturated carbocycles. The Morgan fingerprint density at radius 3 is 3.11 bits per heavy atom. The first-order valence-electron chi connectivity index (χ1n) is 6.29. The van der Waals surface area contributed by atoms with Gasteiger partial charge in [-0.1, -0.05) is 11.8 Å². The monoisotopic (exact) mass is 279 g/mol. The van der Waals surface area contributed by atoms with E-state index in [4.69, 9.17) is 5.11 Å². The van der Waals surface area contributed by atoms with Gasteiger partial charge in [0.25, 0.3) is 5.91 Å². The van der Waals surface area contributed by atoms with E-state index < -0.39 is 6.10 Å². The molecule has 0 aromatic carbocycles. The fourth-order valence-electron chi connectivity index (χ4n) is 2.13. The highest BCUT2D eigenvalue weighted by molar-refractivity contribution is 7.14. The normalized spacial score (nSPS) is 18.9. The molecule has 1 saturated heterocycles. The van der Waals surface area contributed by atoms with Crippen molar-refractivity contribution in [3.05, 3.63) is 21.4 Å². The molecule has 1 aliphatic rings. The number of rotatable bonds is 1. The SMILES string of the molecule is Cc1cc(C(=O)N2CCCC(O)C2)sc1C#CCO. The van der Waals surface area contributed by atoms with Gasteiger partial charge in [0, 0.05) is 13.1 Å². The molecular formula is C14H17NO3S. The average molecular weight is 279 g/mol. The molecule has 0 spiro atoms. The Morgan fingerprint density at radius 1 is 1.63 bits per heavy atom. The number of likely N-dealkylation sites (tertiary alicyclic amines) is 1. The summed E-state index contributed by atoms with van der Waals surface area (Å²) in [6.45, 7) is 2.83. The fourth-order valence-corrected chi connectivity index (χ4v) is 3.14. The van der Waals surface area contributed by atoms with Gasteiger partial charge in [0.2, 0.25) is 0 Å². The number of aryl methyl sites for hydroxylation is 1. The second-order valence-electron chi connectivity index (χ2n) is 4.63. The lowest BCUT2D eigenvalue weighted by Crippen LogP contribution is -2.41. The minimum Gasteiger partial charge on any atom is -0.391 e. The second-order valence-corrected chi connectivity index (χ2v) is 5.68. The van der Waals surface area contributed by atoms with Crippen LogP contribution in [0.5, 0.6) is 0 Å². The summed E-state index contributed by atoms with van der Waals surface area (Å²) in [5.74, 6) is 5.41. The molecule has 4 nitrogen and oxygen atoms in total. The number of nitrogens with zero attached hydrogens (tertiary/aromatic N) is 1. The number of aliphatic hydroxyl groups is 2. The number of carbonyl (C=O) groups is 1. The first-order valence-corrected chi connectivity index (χ1v) is 7.11. The Balaban J connectivity index is 2.15. The van der Waals surface area contributed by atoms with Crippen molar-refractivity contribution in [2.24, 2.45) is 0 Å². The smallest absolute Gasteiger partial charge is 0.264 e. The number of carbonyl (C=O) groups excluding carboxylic acids is 1. The molecule has 2 N–H and O–H groups in total. The van der Waals surface area contributed by atoms with Crippen LogP contribution >= 0.6 is 11.3 Å². The summed E-state index contributed by atoms with van der Waals surface area (Å²) in [5, 5.41) is 18.3. The van der Waals surface area contributed by atoms with Crippen molar-refractivity contribution in [2.75, 3.05) is 19.7 Å². The lowest BCUT2D eigenvalue weighted by Gasteiger charge is -2.29. The molecule has 1 aromatic rings. The third-order valence-electron chi connectivity index (χ3n) is 3.09. The minimum atomic E-state index is -0.410. The van der Waals surface area contributed by atoms with Gasteiger partial charge in [0.1, 0.15) is 6.61 Å². The predicted molar refractivity (Wildman–Crippen MR) is 74.2 cm³/mol. The largest absolute Gasteiger partial charge is 0.391 e. The highest BCUT2D eigenvalue weighted by Gasteiger charge is 2.24. The minimum absolute atomic E-state index is 0.0381. The molecule has 2 heterocycles. The number of aliphatic hydroxyl groups excluding tert-OH is 2. The highest BCUT2D eigenvalue weighted by atomic mass is 32.1. The van der Waals surface area contributed by atoms with E-state index >= 15 is 0 Å². The Labute approximate surface area is 116 Å². The molecular weight excluding hydrogens is 262 g/mol. The van der Waals surface area contributed by atoms with E-state index in [1.165, 1.54) is 11.3 Å². The van der Waals surface area contributed by atoms with Crippen LogP contribution in [0.4, 0.5) is 0 Å². The van der Waals surface area contributed by atoms with Crippen molar-refractivity contribution in [3.8, 4) is 11.8 Å². The first-order chi connectivity index (χ1) is 9.11. The molecule has 0 radical (unpaired) electrons. The van der Waals surface area contributed by atoms with Gasteiger partial charge in [-0.3, -0.25) is 4.79 Å². The number of thiophene rings is 1. The summed E-state index contributed by atoms with van der Waals surface area (Å²) < 4.78 is 0. The van der Waals surface area contributed by atoms with Crippen LogP contribution in [-0.2, 0) is 0 Å². The van der Waals surface area contributed by atoms with Gasteiger partial charge in [0.15, 0.2) is 0 Å². The van der Waals surface area contributed by atoms with Crippen LogP contribution in [0, 0.1) is 18.8 Å². The van der Waals surface area contributed by atoms with Gasteiger partial charge in [-0.2, -0.15) is 0 Å². The maximum Gasteiger partial charge on any atom is 0.264 e. The summed E-state index contributed by atoms with van der Waals surface area (Å²) >= 11 is 1.34. The lowest BCUT2D eigenvalue weighted by molar-refractivity contribution is 0.0477. The maximum atomic E-state index is 12.3. The van der Waals surface area contributed by atoms with Crippen LogP contribution in [0.1, 0.15) is 33.0 Å². The van der Waals surface area contributed by atoms with Crippen molar-refractivity contribution < 1.29 is 15.0 Å². The van der Waals surface area contributed by atoms with Gasteiger partial charge in [-0.05, 0) is 31.4 Å². The van der Waals surface area contributed by atoms with Crippen LogP contribution in [0.25, 0.3) is 0 Å². The number of amides is 1. The zero-order valence-corrected chi connectivity index (χ0v) is 11.7. The summed E-state index contributed by atoms with van der Waals surface area (Å²) in [6, 6.07) is 1.83. The van der Waals surface area contributed by atoms with E-state index in [2.05, 4.69) is 11.8 Å². The molecule has 19 heavy (non-hydrogen) atoms. The van der Waals surface area contributed by atoms with Crippen LogP contribution in [0.15, 0.2) is 6.07 Å².